The van der Waals surface area contributed by atoms with E-state index in [0.717, 1.165) is 5.56 Å². The maximum absolute atomic E-state index is 11.9. The fraction of sp³-hybridized carbons (Fsp3) is 0.462. The minimum Gasteiger partial charge on any atom is -0.459 e. The smallest absolute Gasteiger partial charge is 0.315 e. The molecule has 5 nitrogen and oxygen atoms in total. The highest BCUT2D eigenvalue weighted by atomic mass is 16.6. The van der Waals surface area contributed by atoms with E-state index < -0.39 is 11.5 Å². The van der Waals surface area contributed by atoms with Crippen molar-refractivity contribution < 1.29 is 20.5 Å². The van der Waals surface area contributed by atoms with Crippen LogP contribution >= 0.6 is 0 Å². The number of benzene rings is 1. The molecule has 6 heteroatoms. The maximum Gasteiger partial charge on any atom is 0.315 e. The zero-order chi connectivity index (χ0) is 13.1. The number of ether oxygens (including phenoxy) is 1. The summed E-state index contributed by atoms with van der Waals surface area (Å²) < 4.78 is 5.33. The molecule has 0 aromatic heterocycles. The van der Waals surface area contributed by atoms with Gasteiger partial charge >= 0.3 is 5.97 Å². The van der Waals surface area contributed by atoms with E-state index >= 15 is 0 Å². The average molecular weight is 267 g/mol. The topological polar surface area (TPSA) is 115 Å². The predicted molar refractivity (Wildman–Crippen MR) is 76.7 cm³/mol. The Hall–Kier alpha value is -1.37. The summed E-state index contributed by atoms with van der Waals surface area (Å²) in [7, 11) is 5.60. The van der Waals surface area contributed by atoms with E-state index in [1.165, 1.54) is 0 Å². The molecule has 0 saturated carbocycles. The molecule has 6 N–H and O–H groups in total. The lowest BCUT2D eigenvalue weighted by atomic mass is 9.91. The molecule has 0 aliphatic carbocycles. The monoisotopic (exact) mass is 267 g/mol. The van der Waals surface area contributed by atoms with E-state index in [1.54, 1.807) is 24.3 Å². The second-order valence-electron chi connectivity index (χ2n) is 4.99. The Morgan fingerprint density at radius 3 is 2.11 bits per heavy atom. The second kappa shape index (κ2) is 7.94. The van der Waals surface area contributed by atoms with Crippen molar-refractivity contribution in [1.29, 1.82) is 0 Å². The third-order valence-electron chi connectivity index (χ3n) is 2.27. The summed E-state index contributed by atoms with van der Waals surface area (Å²) in [6, 6.07) is 7.11. The molecule has 0 aliphatic heterocycles. The molecule has 19 heavy (non-hydrogen) atoms. The quantitative estimate of drug-likeness (QED) is 0.571. The first kappa shape index (κ1) is 20.0. The molecule has 0 amide bonds. The van der Waals surface area contributed by atoms with Crippen molar-refractivity contribution in [2.24, 2.45) is 5.73 Å². The highest BCUT2D eigenvalue weighted by molar-refractivity contribution is 6.32. The van der Waals surface area contributed by atoms with Crippen LogP contribution in [0.1, 0.15) is 32.3 Å². The van der Waals surface area contributed by atoms with Crippen LogP contribution in [-0.4, -0.2) is 36.9 Å². The van der Waals surface area contributed by atoms with Crippen molar-refractivity contribution >= 4 is 19.3 Å². The molecule has 1 aromatic carbocycles. The van der Waals surface area contributed by atoms with Gasteiger partial charge in [-0.2, -0.15) is 0 Å². The van der Waals surface area contributed by atoms with Crippen molar-refractivity contribution in [3.05, 3.63) is 29.8 Å². The minimum atomic E-state index is -0.502. The maximum atomic E-state index is 11.9. The van der Waals surface area contributed by atoms with Gasteiger partial charge in [0.2, 0.25) is 0 Å². The molecule has 0 bridgehead atoms. The number of hydrogen-bond acceptors (Lipinski definition) is 3. The third kappa shape index (κ3) is 6.38. The summed E-state index contributed by atoms with van der Waals surface area (Å²) in [5.41, 5.74) is 6.62. The largest absolute Gasteiger partial charge is 0.459 e. The Morgan fingerprint density at radius 2 is 1.74 bits per heavy atom. The van der Waals surface area contributed by atoms with Gasteiger partial charge in [-0.1, -0.05) is 29.7 Å². The molecular weight excluding hydrogens is 245 g/mol. The lowest BCUT2D eigenvalue weighted by Crippen LogP contribution is -2.31. The fourth-order valence-corrected chi connectivity index (χ4v) is 1.47. The molecule has 1 aromatic rings. The van der Waals surface area contributed by atoms with Crippen LogP contribution in [0.2, 0.25) is 0 Å². The van der Waals surface area contributed by atoms with E-state index in [1.807, 2.05) is 20.8 Å². The summed E-state index contributed by atoms with van der Waals surface area (Å²) in [4.78, 5) is 11.9. The molecular formula is C13H22BNO4. The Balaban J connectivity index is 0. The number of nitrogens with two attached hydrogens (primary N) is 1. The molecule has 0 spiro atoms. The average Bonchev–Trinajstić information content (AvgIpc) is 2.19. The standard InChI is InChI=1S/C13H18BNO2.2H2O/c1-13(2,3)17-12(16)11(8-15)9-4-6-10(14)7-5-9;;/h4-7,11H,8,15H2,1-3H3;2*1H2/t11-;;/m0../s1. The molecule has 0 unspecified atom stereocenters. The van der Waals surface area contributed by atoms with Gasteiger partial charge in [0, 0.05) is 6.54 Å². The van der Waals surface area contributed by atoms with Crippen LogP contribution in [0.15, 0.2) is 24.3 Å². The number of rotatable bonds is 3. The number of carbonyl (C=O) groups excluding carboxylic acids is 1. The second-order valence-corrected chi connectivity index (χ2v) is 4.99. The van der Waals surface area contributed by atoms with Gasteiger partial charge in [-0.3, -0.25) is 4.79 Å². The first-order chi connectivity index (χ1) is 7.83. The van der Waals surface area contributed by atoms with Crippen molar-refractivity contribution in [2.75, 3.05) is 6.54 Å². The highest BCUT2D eigenvalue weighted by Gasteiger charge is 2.25. The van der Waals surface area contributed by atoms with Crippen LogP contribution in [0.3, 0.4) is 0 Å². The molecule has 106 valence electrons. The summed E-state index contributed by atoms with van der Waals surface area (Å²) in [6.45, 7) is 5.73. The Kier molecular flexibility index (Phi) is 8.34. The van der Waals surface area contributed by atoms with E-state index in [4.69, 9.17) is 18.3 Å². The zero-order valence-corrected chi connectivity index (χ0v) is 11.6. The van der Waals surface area contributed by atoms with Crippen LogP contribution < -0.4 is 11.2 Å². The molecule has 0 saturated heterocycles. The summed E-state index contributed by atoms with van der Waals surface area (Å²) in [5, 5.41) is 0. The lowest BCUT2D eigenvalue weighted by Gasteiger charge is -2.23. The number of esters is 1. The first-order valence-corrected chi connectivity index (χ1v) is 5.62. The molecule has 0 aliphatic rings. The van der Waals surface area contributed by atoms with Crippen LogP contribution in [0, 0.1) is 0 Å². The van der Waals surface area contributed by atoms with Gasteiger partial charge in [0.15, 0.2) is 0 Å². The SMILES string of the molecule is O.O.[B]c1ccc([C@H](CN)C(=O)OC(C)(C)C)cc1. The lowest BCUT2D eigenvalue weighted by molar-refractivity contribution is -0.156. The summed E-state index contributed by atoms with van der Waals surface area (Å²) in [6.07, 6.45) is 0. The van der Waals surface area contributed by atoms with E-state index in [-0.39, 0.29) is 23.5 Å². The molecule has 1 atom stereocenters. The Bertz CT molecular complexity index is 387. The molecule has 1 rings (SSSR count). The molecule has 0 heterocycles. The van der Waals surface area contributed by atoms with Gasteiger partial charge in [0.1, 0.15) is 13.4 Å². The number of hydrogen-bond donors (Lipinski definition) is 1. The van der Waals surface area contributed by atoms with E-state index in [2.05, 4.69) is 0 Å². The van der Waals surface area contributed by atoms with Gasteiger partial charge in [0.05, 0.1) is 5.92 Å². The number of carbonyl (C=O) groups is 1. The van der Waals surface area contributed by atoms with Gasteiger partial charge in [-0.05, 0) is 26.3 Å². The van der Waals surface area contributed by atoms with E-state index in [9.17, 15) is 4.79 Å². The van der Waals surface area contributed by atoms with Crippen molar-refractivity contribution in [1.82, 2.24) is 0 Å². The van der Waals surface area contributed by atoms with Crippen LogP contribution in [0.25, 0.3) is 0 Å². The van der Waals surface area contributed by atoms with Crippen molar-refractivity contribution in [3.8, 4) is 0 Å². The van der Waals surface area contributed by atoms with Crippen molar-refractivity contribution in [2.45, 2.75) is 32.3 Å². The van der Waals surface area contributed by atoms with E-state index in [0.29, 0.717) is 5.46 Å². The highest BCUT2D eigenvalue weighted by Crippen LogP contribution is 2.19. The first-order valence-electron chi connectivity index (χ1n) is 5.62. The van der Waals surface area contributed by atoms with Gasteiger partial charge in [-0.25, -0.2) is 0 Å². The normalized spacial score (nSPS) is 11.8. The Labute approximate surface area is 115 Å². The van der Waals surface area contributed by atoms with Crippen LogP contribution in [-0.2, 0) is 9.53 Å². The third-order valence-corrected chi connectivity index (χ3v) is 2.27. The van der Waals surface area contributed by atoms with Crippen molar-refractivity contribution in [3.63, 3.8) is 0 Å². The molecule has 2 radical (unpaired) electrons. The zero-order valence-electron chi connectivity index (χ0n) is 11.6. The predicted octanol–water partition coefficient (Wildman–Crippen LogP) is -0.785. The minimum absolute atomic E-state index is 0. The van der Waals surface area contributed by atoms with Gasteiger partial charge in [0.25, 0.3) is 0 Å². The van der Waals surface area contributed by atoms with Gasteiger partial charge in [-0.15, -0.1) is 0 Å². The Morgan fingerprint density at radius 1 is 1.26 bits per heavy atom. The van der Waals surface area contributed by atoms with Crippen LogP contribution in [0.4, 0.5) is 0 Å². The molecule has 0 fully saturated rings. The summed E-state index contributed by atoms with van der Waals surface area (Å²) in [5.74, 6) is -0.736. The fourth-order valence-electron chi connectivity index (χ4n) is 1.47. The summed E-state index contributed by atoms with van der Waals surface area (Å²) >= 11 is 0. The van der Waals surface area contributed by atoms with Crippen LogP contribution in [0.5, 0.6) is 0 Å². The van der Waals surface area contributed by atoms with Gasteiger partial charge < -0.3 is 21.4 Å².